The zero-order chi connectivity index (χ0) is 18.5. The molecule has 8 nitrogen and oxygen atoms in total. The summed E-state index contributed by atoms with van der Waals surface area (Å²) < 4.78 is 5.00. The van der Waals surface area contributed by atoms with Crippen molar-refractivity contribution in [2.45, 2.75) is 37.3 Å². The number of carboxylic acids is 1. The standard InChI is InChI=1S/C14H17ClN2O6S/c1-14(2,3)23-13(20)16-9(12(18)19)7-24-11-6-8(15)4-5-10(11)17(21)22/h4-6,9H,7H2,1-3H3,(H,16,20)(H,18,19). The molecule has 1 rings (SSSR count). The molecule has 0 aliphatic rings. The van der Waals surface area contributed by atoms with Gasteiger partial charge >= 0.3 is 12.1 Å². The number of hydrogen-bond acceptors (Lipinski definition) is 6. The third kappa shape index (κ3) is 6.63. The van der Waals surface area contributed by atoms with Crippen molar-refractivity contribution >= 4 is 41.1 Å². The molecule has 132 valence electrons. The van der Waals surface area contributed by atoms with E-state index < -0.39 is 28.6 Å². The van der Waals surface area contributed by atoms with Gasteiger partial charge in [0.05, 0.1) is 9.82 Å². The Bertz CT molecular complexity index is 647. The summed E-state index contributed by atoms with van der Waals surface area (Å²) in [7, 11) is 0. The van der Waals surface area contributed by atoms with Crippen LogP contribution < -0.4 is 5.32 Å². The molecule has 1 amide bonds. The molecule has 24 heavy (non-hydrogen) atoms. The first-order valence-corrected chi connectivity index (χ1v) is 8.15. The number of amides is 1. The predicted molar refractivity (Wildman–Crippen MR) is 89.6 cm³/mol. The Balaban J connectivity index is 2.81. The summed E-state index contributed by atoms with van der Waals surface area (Å²) in [4.78, 5) is 33.6. The van der Waals surface area contributed by atoms with Gasteiger partial charge in [-0.05, 0) is 32.9 Å². The van der Waals surface area contributed by atoms with E-state index in [2.05, 4.69) is 5.32 Å². The number of nitrogens with one attached hydrogen (secondary N) is 1. The Hall–Kier alpha value is -2.00. The zero-order valence-electron chi connectivity index (χ0n) is 13.2. The van der Waals surface area contributed by atoms with Crippen LogP contribution in [0.5, 0.6) is 0 Å². The average molecular weight is 377 g/mol. The van der Waals surface area contributed by atoms with Gasteiger partial charge in [0.25, 0.3) is 5.69 Å². The molecule has 0 saturated heterocycles. The number of carbonyl (C=O) groups is 2. The first kappa shape index (κ1) is 20.0. The fourth-order valence-corrected chi connectivity index (χ4v) is 2.86. The molecule has 0 aliphatic heterocycles. The van der Waals surface area contributed by atoms with Crippen LogP contribution in [0.1, 0.15) is 20.8 Å². The van der Waals surface area contributed by atoms with Crippen molar-refractivity contribution in [3.05, 3.63) is 33.3 Å². The van der Waals surface area contributed by atoms with E-state index in [1.807, 2.05) is 0 Å². The van der Waals surface area contributed by atoms with E-state index in [1.165, 1.54) is 18.2 Å². The van der Waals surface area contributed by atoms with Crippen LogP contribution in [0.15, 0.2) is 23.1 Å². The van der Waals surface area contributed by atoms with Crippen molar-refractivity contribution in [2.24, 2.45) is 0 Å². The van der Waals surface area contributed by atoms with Gasteiger partial charge in [0.15, 0.2) is 0 Å². The molecule has 1 aromatic rings. The van der Waals surface area contributed by atoms with Crippen molar-refractivity contribution in [1.82, 2.24) is 5.32 Å². The number of aliphatic carboxylic acids is 1. The highest BCUT2D eigenvalue weighted by molar-refractivity contribution is 7.99. The zero-order valence-corrected chi connectivity index (χ0v) is 14.8. The smallest absolute Gasteiger partial charge is 0.408 e. The third-order valence-corrected chi connectivity index (χ3v) is 3.89. The predicted octanol–water partition coefficient (Wildman–Crippen LogP) is 3.32. The molecule has 0 radical (unpaired) electrons. The minimum atomic E-state index is -1.28. The molecule has 0 heterocycles. The molecule has 2 N–H and O–H groups in total. The van der Waals surface area contributed by atoms with Gasteiger partial charge in [-0.3, -0.25) is 10.1 Å². The summed E-state index contributed by atoms with van der Waals surface area (Å²) in [5, 5.41) is 22.7. The number of halogens is 1. The number of carbonyl (C=O) groups excluding carboxylic acids is 1. The van der Waals surface area contributed by atoms with E-state index in [1.54, 1.807) is 20.8 Å². The molecular formula is C14H17ClN2O6S. The van der Waals surface area contributed by atoms with Crippen LogP contribution in [0.4, 0.5) is 10.5 Å². The second-order valence-electron chi connectivity index (χ2n) is 5.72. The normalized spacial score (nSPS) is 12.3. The molecule has 0 saturated carbocycles. The lowest BCUT2D eigenvalue weighted by molar-refractivity contribution is -0.387. The Labute approximate surface area is 147 Å². The van der Waals surface area contributed by atoms with E-state index in [4.69, 9.17) is 16.3 Å². The Morgan fingerprint density at radius 3 is 2.58 bits per heavy atom. The van der Waals surface area contributed by atoms with Crippen LogP contribution in [-0.4, -0.2) is 39.5 Å². The Morgan fingerprint density at radius 1 is 1.46 bits per heavy atom. The van der Waals surface area contributed by atoms with Crippen LogP contribution in [0.2, 0.25) is 5.02 Å². The lowest BCUT2D eigenvalue weighted by atomic mass is 10.2. The first-order chi connectivity index (χ1) is 11.0. The van der Waals surface area contributed by atoms with Gasteiger partial charge in [0.1, 0.15) is 11.6 Å². The van der Waals surface area contributed by atoms with E-state index in [9.17, 15) is 24.8 Å². The summed E-state index contributed by atoms with van der Waals surface area (Å²) in [5.41, 5.74) is -0.961. The third-order valence-electron chi connectivity index (χ3n) is 2.51. The fraction of sp³-hybridized carbons (Fsp3) is 0.429. The second kappa shape index (κ2) is 8.20. The maximum atomic E-state index is 11.7. The highest BCUT2D eigenvalue weighted by Crippen LogP contribution is 2.32. The monoisotopic (exact) mass is 376 g/mol. The highest BCUT2D eigenvalue weighted by Gasteiger charge is 2.25. The lowest BCUT2D eigenvalue weighted by Crippen LogP contribution is -2.44. The van der Waals surface area contributed by atoms with Crippen molar-refractivity contribution in [3.63, 3.8) is 0 Å². The summed E-state index contributed by atoms with van der Waals surface area (Å²) in [6.07, 6.45) is -0.879. The summed E-state index contributed by atoms with van der Waals surface area (Å²) >= 11 is 6.72. The van der Waals surface area contributed by atoms with Crippen LogP contribution >= 0.6 is 23.4 Å². The average Bonchev–Trinajstić information content (AvgIpc) is 2.40. The van der Waals surface area contributed by atoms with E-state index >= 15 is 0 Å². The van der Waals surface area contributed by atoms with Gasteiger partial charge in [0.2, 0.25) is 0 Å². The van der Waals surface area contributed by atoms with Crippen molar-refractivity contribution in [1.29, 1.82) is 0 Å². The van der Waals surface area contributed by atoms with Gasteiger partial charge in [0, 0.05) is 16.8 Å². The molecule has 1 aromatic carbocycles. The number of rotatable bonds is 6. The van der Waals surface area contributed by atoms with Crippen molar-refractivity contribution in [3.8, 4) is 0 Å². The summed E-state index contributed by atoms with van der Waals surface area (Å²) in [6, 6.07) is 2.71. The topological polar surface area (TPSA) is 119 Å². The molecule has 0 aliphatic carbocycles. The number of benzene rings is 1. The van der Waals surface area contributed by atoms with Gasteiger partial charge in [-0.1, -0.05) is 11.6 Å². The SMILES string of the molecule is CC(C)(C)OC(=O)NC(CSc1cc(Cl)ccc1[N+](=O)[O-])C(=O)O. The van der Waals surface area contributed by atoms with Crippen molar-refractivity contribution < 1.29 is 24.4 Å². The maximum absolute atomic E-state index is 11.7. The summed E-state index contributed by atoms with van der Waals surface area (Å²) in [5.74, 6) is -1.41. The van der Waals surface area contributed by atoms with E-state index in [0.717, 1.165) is 11.8 Å². The van der Waals surface area contributed by atoms with Crippen LogP contribution in [-0.2, 0) is 9.53 Å². The van der Waals surface area contributed by atoms with Crippen molar-refractivity contribution in [2.75, 3.05) is 5.75 Å². The van der Waals surface area contributed by atoms with E-state index in [0.29, 0.717) is 0 Å². The van der Waals surface area contributed by atoms with Crippen LogP contribution in [0.25, 0.3) is 0 Å². The number of nitro benzene ring substituents is 1. The van der Waals surface area contributed by atoms with Gasteiger partial charge in [-0.25, -0.2) is 9.59 Å². The van der Waals surface area contributed by atoms with Gasteiger partial charge < -0.3 is 15.2 Å². The Morgan fingerprint density at radius 2 is 2.08 bits per heavy atom. The number of nitrogens with zero attached hydrogens (tertiary/aromatic N) is 1. The molecule has 1 unspecified atom stereocenters. The number of nitro groups is 1. The number of carboxylic acid groups (broad SMARTS) is 1. The fourth-order valence-electron chi connectivity index (χ4n) is 1.55. The molecule has 0 aromatic heterocycles. The maximum Gasteiger partial charge on any atom is 0.408 e. The van der Waals surface area contributed by atoms with E-state index in [-0.39, 0.29) is 21.4 Å². The number of alkyl carbamates (subject to hydrolysis) is 1. The van der Waals surface area contributed by atoms with Gasteiger partial charge in [-0.15, -0.1) is 11.8 Å². The lowest BCUT2D eigenvalue weighted by Gasteiger charge is -2.21. The Kier molecular flexibility index (Phi) is 6.85. The number of thioether (sulfide) groups is 1. The largest absolute Gasteiger partial charge is 0.480 e. The van der Waals surface area contributed by atoms with Crippen LogP contribution in [0.3, 0.4) is 0 Å². The second-order valence-corrected chi connectivity index (χ2v) is 7.22. The molecule has 0 spiro atoms. The first-order valence-electron chi connectivity index (χ1n) is 6.78. The number of ether oxygens (including phenoxy) is 1. The minimum absolute atomic E-state index is 0.129. The molecule has 1 atom stereocenters. The van der Waals surface area contributed by atoms with Crippen LogP contribution in [0, 0.1) is 10.1 Å². The molecule has 10 heteroatoms. The number of hydrogen-bond donors (Lipinski definition) is 2. The van der Waals surface area contributed by atoms with Gasteiger partial charge in [-0.2, -0.15) is 0 Å². The molecule has 0 fully saturated rings. The minimum Gasteiger partial charge on any atom is -0.480 e. The molecular weight excluding hydrogens is 360 g/mol. The quantitative estimate of drug-likeness (QED) is 0.444. The molecule has 0 bridgehead atoms. The highest BCUT2D eigenvalue weighted by atomic mass is 35.5. The summed E-state index contributed by atoms with van der Waals surface area (Å²) in [6.45, 7) is 4.94.